The second-order valence-corrected chi connectivity index (χ2v) is 2.22. The first-order chi connectivity index (χ1) is 5.16. The molecule has 0 fully saturated rings. The number of nitrogens with two attached hydrogens (primary N) is 1. The molecule has 1 unspecified atom stereocenters. The van der Waals surface area contributed by atoms with Gasteiger partial charge in [0.25, 0.3) is 0 Å². The van der Waals surface area contributed by atoms with Gasteiger partial charge >= 0.3 is 5.97 Å². The Morgan fingerprint density at radius 1 is 1.82 bits per heavy atom. The lowest BCUT2D eigenvalue weighted by molar-refractivity contribution is -0.137. The van der Waals surface area contributed by atoms with Crippen LogP contribution in [0.2, 0.25) is 0 Å². The smallest absolute Gasteiger partial charge is 0.303 e. The Morgan fingerprint density at radius 2 is 2.45 bits per heavy atom. The monoisotopic (exact) mass is 155 g/mol. The normalized spacial score (nSPS) is 11.5. The Labute approximate surface area is 66.2 Å². The summed E-state index contributed by atoms with van der Waals surface area (Å²) in [6.45, 7) is 1.83. The zero-order chi connectivity index (χ0) is 8.69. The van der Waals surface area contributed by atoms with Crippen LogP contribution >= 0.6 is 0 Å². The zero-order valence-corrected chi connectivity index (χ0v) is 6.58. The molecule has 0 saturated carbocycles. The van der Waals surface area contributed by atoms with Crippen molar-refractivity contribution >= 4 is 5.97 Å². The van der Waals surface area contributed by atoms with E-state index in [-0.39, 0.29) is 12.5 Å². The van der Waals surface area contributed by atoms with E-state index in [1.54, 1.807) is 12.2 Å². The minimum Gasteiger partial charge on any atom is -0.481 e. The maximum absolute atomic E-state index is 10.1. The van der Waals surface area contributed by atoms with Crippen molar-refractivity contribution in [1.29, 1.82) is 0 Å². The van der Waals surface area contributed by atoms with E-state index < -0.39 is 5.97 Å². The Morgan fingerprint density at radius 3 is 2.91 bits per heavy atom. The van der Waals surface area contributed by atoms with E-state index in [2.05, 4.69) is 5.73 Å². The zero-order valence-electron chi connectivity index (χ0n) is 6.58. The molecule has 3 nitrogen and oxygen atoms in total. The Bertz CT molecular complexity index is 181. The second kappa shape index (κ2) is 5.71. The van der Waals surface area contributed by atoms with Crippen molar-refractivity contribution in [2.24, 2.45) is 5.73 Å². The van der Waals surface area contributed by atoms with Gasteiger partial charge in [-0.1, -0.05) is 0 Å². The average molecular weight is 155 g/mol. The first-order valence-corrected chi connectivity index (χ1v) is 3.51. The van der Waals surface area contributed by atoms with Gasteiger partial charge in [-0.05, 0) is 25.5 Å². The second-order valence-electron chi connectivity index (χ2n) is 2.22. The molecule has 0 heterocycles. The molecule has 1 atom stereocenters. The third-order valence-corrected chi connectivity index (χ3v) is 1.17. The molecule has 0 aromatic heterocycles. The van der Waals surface area contributed by atoms with Gasteiger partial charge in [-0.2, -0.15) is 0 Å². The van der Waals surface area contributed by atoms with E-state index in [0.29, 0.717) is 6.42 Å². The summed E-state index contributed by atoms with van der Waals surface area (Å²) < 4.78 is 0. The molecule has 0 aliphatic heterocycles. The predicted molar refractivity (Wildman–Crippen MR) is 43.2 cm³/mol. The van der Waals surface area contributed by atoms with E-state index in [9.17, 15) is 4.79 Å². The molecule has 0 rings (SSSR count). The van der Waals surface area contributed by atoms with Gasteiger partial charge in [0.1, 0.15) is 0 Å². The fraction of sp³-hybridized carbons (Fsp3) is 0.500. The maximum Gasteiger partial charge on any atom is 0.303 e. The van der Waals surface area contributed by atoms with Crippen LogP contribution in [0, 0.1) is 0 Å². The van der Waals surface area contributed by atoms with Crippen molar-refractivity contribution in [3.05, 3.63) is 17.9 Å². The van der Waals surface area contributed by atoms with Crippen LogP contribution in [0.1, 0.15) is 19.8 Å². The largest absolute Gasteiger partial charge is 0.481 e. The standard InChI is InChI=1S/C8H13NO2/c1-2-3-4-7(9)5-6-8(10)11/h2,4,7H,5-6,9H2,1H3,(H,10,11). The van der Waals surface area contributed by atoms with Gasteiger partial charge in [-0.25, -0.2) is 0 Å². The molecular weight excluding hydrogens is 142 g/mol. The third-order valence-electron chi connectivity index (χ3n) is 1.17. The van der Waals surface area contributed by atoms with Crippen molar-refractivity contribution in [3.63, 3.8) is 0 Å². The summed E-state index contributed by atoms with van der Waals surface area (Å²) in [5, 5.41) is 8.29. The average Bonchev–Trinajstić information content (AvgIpc) is 1.97. The fourth-order valence-electron chi connectivity index (χ4n) is 0.593. The Kier molecular flexibility index (Phi) is 5.17. The molecule has 3 heteroatoms. The van der Waals surface area contributed by atoms with Crippen molar-refractivity contribution in [3.8, 4) is 0 Å². The molecule has 0 amide bonds. The lowest BCUT2D eigenvalue weighted by atomic mass is 10.1. The predicted octanol–water partition coefficient (Wildman–Crippen LogP) is 0.910. The van der Waals surface area contributed by atoms with Gasteiger partial charge in [-0.3, -0.25) is 4.79 Å². The summed E-state index contributed by atoms with van der Waals surface area (Å²) in [6, 6.07) is -0.192. The van der Waals surface area contributed by atoms with E-state index >= 15 is 0 Å². The first kappa shape index (κ1) is 9.95. The summed E-state index contributed by atoms with van der Waals surface area (Å²) >= 11 is 0. The van der Waals surface area contributed by atoms with Crippen LogP contribution in [0.4, 0.5) is 0 Å². The maximum atomic E-state index is 10.1. The highest BCUT2D eigenvalue weighted by Crippen LogP contribution is 1.94. The topological polar surface area (TPSA) is 63.3 Å². The molecular formula is C8H13NO2. The van der Waals surface area contributed by atoms with Gasteiger partial charge in [0.05, 0.1) is 0 Å². The highest BCUT2D eigenvalue weighted by Gasteiger charge is 2.00. The highest BCUT2D eigenvalue weighted by molar-refractivity contribution is 5.66. The first-order valence-electron chi connectivity index (χ1n) is 3.51. The number of hydrogen-bond acceptors (Lipinski definition) is 2. The molecule has 0 aromatic rings. The number of rotatable bonds is 4. The minimum absolute atomic E-state index is 0.114. The summed E-state index contributed by atoms with van der Waals surface area (Å²) in [6.07, 6.45) is 3.99. The van der Waals surface area contributed by atoms with Crippen molar-refractivity contribution in [1.82, 2.24) is 0 Å². The number of aliphatic carboxylic acids is 1. The molecule has 0 aliphatic carbocycles. The molecule has 3 N–H and O–H groups in total. The summed E-state index contributed by atoms with van der Waals surface area (Å²) in [5.74, 6) is -0.811. The van der Waals surface area contributed by atoms with E-state index in [4.69, 9.17) is 10.8 Å². The molecule has 11 heavy (non-hydrogen) atoms. The van der Waals surface area contributed by atoms with Crippen molar-refractivity contribution < 1.29 is 9.90 Å². The lowest BCUT2D eigenvalue weighted by Gasteiger charge is -2.00. The SMILES string of the molecule is CC=C=CC(N)CCC(=O)O. The number of carbonyl (C=O) groups is 1. The fourth-order valence-corrected chi connectivity index (χ4v) is 0.593. The molecule has 0 radical (unpaired) electrons. The minimum atomic E-state index is -0.811. The van der Waals surface area contributed by atoms with Gasteiger partial charge in [0.2, 0.25) is 0 Å². The van der Waals surface area contributed by atoms with Crippen LogP contribution in [0.25, 0.3) is 0 Å². The highest BCUT2D eigenvalue weighted by atomic mass is 16.4. The van der Waals surface area contributed by atoms with E-state index in [1.807, 2.05) is 6.92 Å². The van der Waals surface area contributed by atoms with Crippen LogP contribution in [-0.2, 0) is 4.79 Å². The molecule has 0 bridgehead atoms. The molecule has 0 spiro atoms. The molecule has 0 aliphatic rings. The third kappa shape index (κ3) is 6.84. The number of carboxylic acids is 1. The molecule has 0 saturated heterocycles. The van der Waals surface area contributed by atoms with Gasteiger partial charge in [-0.15, -0.1) is 5.73 Å². The van der Waals surface area contributed by atoms with Gasteiger partial charge in [0, 0.05) is 12.5 Å². The number of hydrogen-bond donors (Lipinski definition) is 2. The molecule has 0 aromatic carbocycles. The van der Waals surface area contributed by atoms with Crippen LogP contribution in [0.5, 0.6) is 0 Å². The summed E-state index contributed by atoms with van der Waals surface area (Å²) in [4.78, 5) is 10.1. The van der Waals surface area contributed by atoms with Crippen LogP contribution in [0.3, 0.4) is 0 Å². The Balaban J connectivity index is 3.61. The van der Waals surface area contributed by atoms with Crippen LogP contribution in [0.15, 0.2) is 17.9 Å². The van der Waals surface area contributed by atoms with Crippen LogP contribution in [-0.4, -0.2) is 17.1 Å². The van der Waals surface area contributed by atoms with Crippen molar-refractivity contribution in [2.75, 3.05) is 0 Å². The van der Waals surface area contributed by atoms with Crippen molar-refractivity contribution in [2.45, 2.75) is 25.8 Å². The number of carboxylic acid groups (broad SMARTS) is 1. The van der Waals surface area contributed by atoms with Gasteiger partial charge in [0.15, 0.2) is 0 Å². The van der Waals surface area contributed by atoms with Crippen LogP contribution < -0.4 is 5.73 Å². The Hall–Kier alpha value is -1.05. The lowest BCUT2D eigenvalue weighted by Crippen LogP contribution is -2.17. The summed E-state index contributed by atoms with van der Waals surface area (Å²) in [7, 11) is 0. The molecule has 62 valence electrons. The quantitative estimate of drug-likeness (QED) is 0.593. The van der Waals surface area contributed by atoms with E-state index in [1.165, 1.54) is 0 Å². The van der Waals surface area contributed by atoms with E-state index in [0.717, 1.165) is 0 Å². The van der Waals surface area contributed by atoms with Gasteiger partial charge < -0.3 is 10.8 Å². The summed E-state index contributed by atoms with van der Waals surface area (Å²) in [5.41, 5.74) is 8.31.